The number of rotatable bonds is 4. The summed E-state index contributed by atoms with van der Waals surface area (Å²) in [5.41, 5.74) is 3.87. The van der Waals surface area contributed by atoms with Gasteiger partial charge in [-0.15, -0.1) is 0 Å². The van der Waals surface area contributed by atoms with Gasteiger partial charge in [0.25, 0.3) is 0 Å². The average molecular weight is 328 g/mol. The fourth-order valence-corrected chi connectivity index (χ4v) is 4.67. The van der Waals surface area contributed by atoms with E-state index in [1.807, 2.05) is 0 Å². The van der Waals surface area contributed by atoms with Crippen molar-refractivity contribution < 1.29 is 9.53 Å². The lowest BCUT2D eigenvalue weighted by Crippen LogP contribution is -2.35. The Morgan fingerprint density at radius 1 is 1.21 bits per heavy atom. The third-order valence-corrected chi connectivity index (χ3v) is 5.91. The number of amides is 1. The molecule has 0 spiro atoms. The van der Waals surface area contributed by atoms with Gasteiger partial charge in [-0.25, -0.2) is 0 Å². The molecule has 2 aliphatic heterocycles. The molecule has 0 bridgehead atoms. The van der Waals surface area contributed by atoms with Crippen LogP contribution < -0.4 is 5.32 Å². The van der Waals surface area contributed by atoms with Gasteiger partial charge in [0.05, 0.1) is 6.54 Å². The van der Waals surface area contributed by atoms with Crippen molar-refractivity contribution in [3.05, 3.63) is 29.3 Å². The molecule has 24 heavy (non-hydrogen) atoms. The lowest BCUT2D eigenvalue weighted by Gasteiger charge is -2.34. The van der Waals surface area contributed by atoms with Gasteiger partial charge >= 0.3 is 0 Å². The van der Waals surface area contributed by atoms with Crippen molar-refractivity contribution in [3.8, 4) is 0 Å². The fourth-order valence-electron chi connectivity index (χ4n) is 4.67. The maximum atomic E-state index is 12.3. The number of anilines is 1. The molecule has 0 aromatic heterocycles. The predicted octanol–water partition coefficient (Wildman–Crippen LogP) is 3.52. The highest BCUT2D eigenvalue weighted by Crippen LogP contribution is 2.40. The zero-order valence-electron chi connectivity index (χ0n) is 14.4. The Morgan fingerprint density at radius 3 is 2.96 bits per heavy atom. The number of nitrogens with one attached hydrogen (secondary N) is 1. The van der Waals surface area contributed by atoms with Crippen LogP contribution in [-0.2, 0) is 16.0 Å². The van der Waals surface area contributed by atoms with Crippen LogP contribution in [0.15, 0.2) is 18.2 Å². The van der Waals surface area contributed by atoms with E-state index in [2.05, 4.69) is 28.4 Å². The fraction of sp³-hybridized carbons (Fsp3) is 0.650. The lowest BCUT2D eigenvalue weighted by atomic mass is 9.85. The summed E-state index contributed by atoms with van der Waals surface area (Å²) >= 11 is 0. The first kappa shape index (κ1) is 16.1. The minimum Gasteiger partial charge on any atom is -0.381 e. The number of hydrogen-bond acceptors (Lipinski definition) is 3. The molecule has 3 aliphatic rings. The van der Waals surface area contributed by atoms with Gasteiger partial charge in [0, 0.05) is 24.9 Å². The molecule has 1 unspecified atom stereocenters. The molecule has 1 atom stereocenters. The maximum absolute atomic E-state index is 12.3. The molecule has 4 heteroatoms. The van der Waals surface area contributed by atoms with E-state index in [4.69, 9.17) is 4.74 Å². The molecule has 1 aromatic carbocycles. The SMILES string of the molecule is O=C1CN(CCCC2CCOCC2)C2CCCc3cccc(c32)N1. The Balaban J connectivity index is 1.46. The van der Waals surface area contributed by atoms with Crippen molar-refractivity contribution >= 4 is 11.6 Å². The summed E-state index contributed by atoms with van der Waals surface area (Å²) in [7, 11) is 0. The van der Waals surface area contributed by atoms with Crippen molar-refractivity contribution in [3.63, 3.8) is 0 Å². The molecule has 1 fully saturated rings. The number of carbonyl (C=O) groups excluding carboxylic acids is 1. The molecule has 1 amide bonds. The minimum absolute atomic E-state index is 0.142. The molecule has 1 aliphatic carbocycles. The Hall–Kier alpha value is -1.39. The van der Waals surface area contributed by atoms with E-state index < -0.39 is 0 Å². The molecule has 0 saturated carbocycles. The van der Waals surface area contributed by atoms with Gasteiger partial charge in [-0.05, 0) is 74.6 Å². The second kappa shape index (κ2) is 7.24. The van der Waals surface area contributed by atoms with E-state index >= 15 is 0 Å². The van der Waals surface area contributed by atoms with Crippen LogP contribution in [0.2, 0.25) is 0 Å². The van der Waals surface area contributed by atoms with E-state index in [-0.39, 0.29) is 5.91 Å². The largest absolute Gasteiger partial charge is 0.381 e. The smallest absolute Gasteiger partial charge is 0.238 e. The van der Waals surface area contributed by atoms with Crippen molar-refractivity contribution in [1.29, 1.82) is 0 Å². The quantitative estimate of drug-likeness (QED) is 0.919. The van der Waals surface area contributed by atoms with Gasteiger partial charge in [-0.2, -0.15) is 0 Å². The van der Waals surface area contributed by atoms with Crippen molar-refractivity contribution in [2.75, 3.05) is 31.6 Å². The predicted molar refractivity (Wildman–Crippen MR) is 95.1 cm³/mol. The summed E-state index contributed by atoms with van der Waals surface area (Å²) in [6, 6.07) is 6.81. The van der Waals surface area contributed by atoms with Crippen LogP contribution in [-0.4, -0.2) is 37.1 Å². The van der Waals surface area contributed by atoms with E-state index in [1.54, 1.807) is 0 Å². The molecule has 0 radical (unpaired) electrons. The standard InChI is InChI=1S/C20H28N2O2/c23-19-14-22(11-3-4-15-9-12-24-13-10-15)18-8-2-6-16-5-1-7-17(21-19)20(16)18/h1,5,7,15,18H,2-4,6,8-14H2,(H,21,23). The molecule has 1 saturated heterocycles. The van der Waals surface area contributed by atoms with Crippen LogP contribution >= 0.6 is 0 Å². The number of ether oxygens (including phenoxy) is 1. The average Bonchev–Trinajstić information content (AvgIpc) is 2.74. The first-order valence-electron chi connectivity index (χ1n) is 9.54. The van der Waals surface area contributed by atoms with Gasteiger partial charge in [-0.3, -0.25) is 9.69 Å². The summed E-state index contributed by atoms with van der Waals surface area (Å²) in [5, 5.41) is 3.13. The monoisotopic (exact) mass is 328 g/mol. The van der Waals surface area contributed by atoms with Crippen molar-refractivity contribution in [2.24, 2.45) is 5.92 Å². The van der Waals surface area contributed by atoms with Gasteiger partial charge in [0.15, 0.2) is 0 Å². The van der Waals surface area contributed by atoms with E-state index in [0.29, 0.717) is 12.6 Å². The summed E-state index contributed by atoms with van der Waals surface area (Å²) < 4.78 is 5.46. The highest BCUT2D eigenvalue weighted by molar-refractivity contribution is 5.94. The van der Waals surface area contributed by atoms with Crippen LogP contribution in [0.4, 0.5) is 5.69 Å². The number of carbonyl (C=O) groups is 1. The third kappa shape index (κ3) is 3.35. The Labute approximate surface area is 144 Å². The first-order valence-corrected chi connectivity index (χ1v) is 9.54. The molecular weight excluding hydrogens is 300 g/mol. The second-order valence-corrected chi connectivity index (χ2v) is 7.50. The van der Waals surface area contributed by atoms with E-state index in [1.165, 1.54) is 49.7 Å². The number of hydrogen-bond donors (Lipinski definition) is 1. The normalized spacial score (nSPS) is 25.0. The van der Waals surface area contributed by atoms with Crippen LogP contribution in [0.25, 0.3) is 0 Å². The molecule has 1 aromatic rings. The number of aryl methyl sites for hydroxylation is 1. The molecule has 4 nitrogen and oxygen atoms in total. The van der Waals surface area contributed by atoms with Gasteiger partial charge in [0.2, 0.25) is 5.91 Å². The summed E-state index contributed by atoms with van der Waals surface area (Å²) in [4.78, 5) is 14.8. The summed E-state index contributed by atoms with van der Waals surface area (Å²) in [6.45, 7) is 3.42. The Morgan fingerprint density at radius 2 is 2.08 bits per heavy atom. The van der Waals surface area contributed by atoms with Gasteiger partial charge in [-0.1, -0.05) is 12.1 Å². The number of benzene rings is 1. The topological polar surface area (TPSA) is 41.6 Å². The third-order valence-electron chi connectivity index (χ3n) is 5.91. The zero-order valence-corrected chi connectivity index (χ0v) is 14.4. The van der Waals surface area contributed by atoms with E-state index in [9.17, 15) is 4.79 Å². The number of nitrogens with zero attached hydrogens (tertiary/aromatic N) is 1. The van der Waals surface area contributed by atoms with Crippen LogP contribution in [0.3, 0.4) is 0 Å². The summed E-state index contributed by atoms with van der Waals surface area (Å²) in [6.07, 6.45) is 8.41. The Bertz CT molecular complexity index is 595. The highest BCUT2D eigenvalue weighted by Gasteiger charge is 2.32. The first-order chi connectivity index (χ1) is 11.8. The van der Waals surface area contributed by atoms with Gasteiger partial charge in [0.1, 0.15) is 0 Å². The van der Waals surface area contributed by atoms with E-state index in [0.717, 1.165) is 37.8 Å². The van der Waals surface area contributed by atoms with Crippen LogP contribution in [0.1, 0.15) is 55.7 Å². The second-order valence-electron chi connectivity index (χ2n) is 7.50. The maximum Gasteiger partial charge on any atom is 0.238 e. The molecular formula is C20H28N2O2. The minimum atomic E-state index is 0.142. The Kier molecular flexibility index (Phi) is 4.86. The molecule has 4 rings (SSSR count). The molecule has 2 heterocycles. The van der Waals surface area contributed by atoms with Crippen molar-refractivity contribution in [2.45, 2.75) is 51.0 Å². The molecule has 1 N–H and O–H groups in total. The summed E-state index contributed by atoms with van der Waals surface area (Å²) in [5.74, 6) is 0.956. The van der Waals surface area contributed by atoms with Crippen LogP contribution in [0.5, 0.6) is 0 Å². The van der Waals surface area contributed by atoms with Crippen molar-refractivity contribution in [1.82, 2.24) is 4.90 Å². The lowest BCUT2D eigenvalue weighted by molar-refractivity contribution is -0.117. The molecule has 130 valence electrons. The highest BCUT2D eigenvalue weighted by atomic mass is 16.5. The van der Waals surface area contributed by atoms with Gasteiger partial charge < -0.3 is 10.1 Å². The zero-order chi connectivity index (χ0) is 16.4. The van der Waals surface area contributed by atoms with Crippen LogP contribution in [0, 0.1) is 5.92 Å².